The van der Waals surface area contributed by atoms with Crippen molar-refractivity contribution >= 4 is 29.5 Å². The summed E-state index contributed by atoms with van der Waals surface area (Å²) in [4.78, 5) is 22.2. The Bertz CT molecular complexity index is 657. The van der Waals surface area contributed by atoms with E-state index in [2.05, 4.69) is 10.4 Å². The van der Waals surface area contributed by atoms with Crippen LogP contribution in [0.5, 0.6) is 0 Å². The molecule has 0 aliphatic heterocycles. The average molecular weight is 324 g/mol. The molecule has 0 fully saturated rings. The minimum atomic E-state index is -0.941. The van der Waals surface area contributed by atoms with E-state index >= 15 is 0 Å². The molecule has 2 aromatic rings. The maximum Gasteiger partial charge on any atom is 0.413 e. The number of anilines is 1. The third-order valence-corrected chi connectivity index (χ3v) is 2.98. The summed E-state index contributed by atoms with van der Waals surface area (Å²) in [7, 11) is 0. The van der Waals surface area contributed by atoms with Crippen molar-refractivity contribution in [3.8, 4) is 0 Å². The molecule has 1 aromatic carbocycles. The predicted octanol–water partition coefficient (Wildman–Crippen LogP) is 2.76. The molecule has 1 aromatic heterocycles. The van der Waals surface area contributed by atoms with Gasteiger partial charge in [-0.05, 0) is 5.56 Å². The van der Waals surface area contributed by atoms with Gasteiger partial charge < -0.3 is 9.84 Å². The van der Waals surface area contributed by atoms with Gasteiger partial charge in [0.1, 0.15) is 11.6 Å². The fourth-order valence-electron chi connectivity index (χ4n) is 1.66. The van der Waals surface area contributed by atoms with Crippen LogP contribution >= 0.6 is 11.6 Å². The molecule has 0 saturated heterocycles. The number of halogens is 1. The summed E-state index contributed by atoms with van der Waals surface area (Å²) in [5.74, 6) is -0.812. The smallest absolute Gasteiger partial charge is 0.413 e. The second-order valence-electron chi connectivity index (χ2n) is 4.42. The van der Waals surface area contributed by atoms with Crippen molar-refractivity contribution in [2.75, 3.05) is 5.32 Å². The number of carbonyl (C=O) groups is 2. The number of ether oxygens (including phenoxy) is 1. The maximum atomic E-state index is 11.7. The zero-order valence-corrected chi connectivity index (χ0v) is 12.3. The highest BCUT2D eigenvalue weighted by atomic mass is 35.5. The van der Waals surface area contributed by atoms with Crippen LogP contribution in [-0.4, -0.2) is 26.9 Å². The molecule has 116 valence electrons. The van der Waals surface area contributed by atoms with Crippen molar-refractivity contribution in [2.45, 2.75) is 19.6 Å². The van der Waals surface area contributed by atoms with Crippen LogP contribution < -0.4 is 5.32 Å². The minimum Gasteiger partial charge on any atom is -0.481 e. The van der Waals surface area contributed by atoms with E-state index in [-0.39, 0.29) is 30.4 Å². The normalized spacial score (nSPS) is 10.2. The maximum absolute atomic E-state index is 11.7. The monoisotopic (exact) mass is 323 g/mol. The van der Waals surface area contributed by atoms with Gasteiger partial charge in [-0.25, -0.2) is 4.79 Å². The molecule has 0 aliphatic carbocycles. The Morgan fingerprint density at radius 3 is 2.73 bits per heavy atom. The van der Waals surface area contributed by atoms with Gasteiger partial charge in [-0.1, -0.05) is 41.9 Å². The second-order valence-corrected chi connectivity index (χ2v) is 4.83. The highest BCUT2D eigenvalue weighted by molar-refractivity contribution is 6.33. The summed E-state index contributed by atoms with van der Waals surface area (Å²) >= 11 is 5.92. The zero-order valence-electron chi connectivity index (χ0n) is 11.5. The molecule has 7 nitrogen and oxygen atoms in total. The van der Waals surface area contributed by atoms with Crippen LogP contribution in [0.4, 0.5) is 10.6 Å². The van der Waals surface area contributed by atoms with Gasteiger partial charge in [-0.2, -0.15) is 5.10 Å². The molecule has 0 radical (unpaired) electrons. The predicted molar refractivity (Wildman–Crippen MR) is 79.7 cm³/mol. The number of aromatic nitrogens is 2. The number of carboxylic acids is 1. The van der Waals surface area contributed by atoms with E-state index in [9.17, 15) is 9.59 Å². The molecule has 22 heavy (non-hydrogen) atoms. The lowest BCUT2D eigenvalue weighted by Gasteiger charge is -2.05. The summed E-state index contributed by atoms with van der Waals surface area (Å²) in [6.45, 7) is 0.291. The van der Waals surface area contributed by atoms with Gasteiger partial charge in [0.2, 0.25) is 0 Å². The molecule has 0 bridgehead atoms. The number of hydrogen-bond donors (Lipinski definition) is 2. The van der Waals surface area contributed by atoms with Gasteiger partial charge in [-0.15, -0.1) is 0 Å². The fourth-order valence-corrected chi connectivity index (χ4v) is 1.86. The number of aliphatic carboxylic acids is 1. The van der Waals surface area contributed by atoms with Crippen molar-refractivity contribution in [3.63, 3.8) is 0 Å². The Morgan fingerprint density at radius 2 is 2.05 bits per heavy atom. The SMILES string of the molecule is O=C(O)CCn1cc(Cl)c(NC(=O)OCc2ccccc2)n1. The molecule has 1 heterocycles. The Morgan fingerprint density at radius 1 is 1.32 bits per heavy atom. The number of carbonyl (C=O) groups excluding carboxylic acids is 1. The van der Waals surface area contributed by atoms with Crippen molar-refractivity contribution in [2.24, 2.45) is 0 Å². The number of hydrogen-bond acceptors (Lipinski definition) is 4. The Balaban J connectivity index is 1.87. The number of amides is 1. The van der Waals surface area contributed by atoms with Crippen LogP contribution in [0.2, 0.25) is 5.02 Å². The summed E-state index contributed by atoms with van der Waals surface area (Å²) < 4.78 is 6.39. The third kappa shape index (κ3) is 4.78. The van der Waals surface area contributed by atoms with Crippen LogP contribution in [0.15, 0.2) is 36.5 Å². The Hall–Kier alpha value is -2.54. The first-order valence-corrected chi connectivity index (χ1v) is 6.85. The lowest BCUT2D eigenvalue weighted by atomic mass is 10.2. The molecule has 1 amide bonds. The summed E-state index contributed by atoms with van der Waals surface area (Å²) in [5, 5.41) is 15.2. The van der Waals surface area contributed by atoms with Gasteiger partial charge in [0.05, 0.1) is 13.0 Å². The van der Waals surface area contributed by atoms with Gasteiger partial charge in [-0.3, -0.25) is 14.8 Å². The van der Waals surface area contributed by atoms with Gasteiger partial charge in [0.15, 0.2) is 5.82 Å². The Kier molecular flexibility index (Phi) is 5.37. The molecule has 8 heteroatoms. The molecular formula is C14H14ClN3O4. The van der Waals surface area contributed by atoms with Crippen molar-refractivity contribution in [1.29, 1.82) is 0 Å². The number of aryl methyl sites for hydroxylation is 1. The zero-order chi connectivity index (χ0) is 15.9. The fraction of sp³-hybridized carbons (Fsp3) is 0.214. The highest BCUT2D eigenvalue weighted by Crippen LogP contribution is 2.19. The molecule has 0 aliphatic rings. The number of rotatable bonds is 6. The standard InChI is InChI=1S/C14H14ClN3O4/c15-11-8-18(7-6-12(19)20)17-13(11)16-14(21)22-9-10-4-2-1-3-5-10/h1-5,8H,6-7,9H2,(H,19,20)(H,16,17,21). The van der Waals surface area contributed by atoms with E-state index < -0.39 is 12.1 Å². The molecule has 2 N–H and O–H groups in total. The second kappa shape index (κ2) is 7.46. The molecule has 2 rings (SSSR count). The summed E-state index contributed by atoms with van der Waals surface area (Å²) in [6.07, 6.45) is 0.668. The van der Waals surface area contributed by atoms with E-state index in [1.54, 1.807) is 0 Å². The van der Waals surface area contributed by atoms with E-state index in [0.29, 0.717) is 0 Å². The van der Waals surface area contributed by atoms with Crippen molar-refractivity contribution in [1.82, 2.24) is 9.78 Å². The minimum absolute atomic E-state index is 0.0874. The average Bonchev–Trinajstić information content (AvgIpc) is 2.84. The quantitative estimate of drug-likeness (QED) is 0.852. The largest absolute Gasteiger partial charge is 0.481 e. The number of nitrogens with one attached hydrogen (secondary N) is 1. The van der Waals surface area contributed by atoms with E-state index in [0.717, 1.165) is 5.56 Å². The van der Waals surface area contributed by atoms with Crippen molar-refractivity contribution < 1.29 is 19.4 Å². The van der Waals surface area contributed by atoms with Crippen molar-refractivity contribution in [3.05, 3.63) is 47.1 Å². The van der Waals surface area contributed by atoms with E-state index in [1.165, 1.54) is 10.9 Å². The topological polar surface area (TPSA) is 93.5 Å². The van der Waals surface area contributed by atoms with Gasteiger partial charge in [0, 0.05) is 6.20 Å². The van der Waals surface area contributed by atoms with Crippen LogP contribution in [0.1, 0.15) is 12.0 Å². The lowest BCUT2D eigenvalue weighted by molar-refractivity contribution is -0.137. The van der Waals surface area contributed by atoms with Crippen LogP contribution in [0.25, 0.3) is 0 Å². The van der Waals surface area contributed by atoms with Crippen LogP contribution in [0, 0.1) is 0 Å². The highest BCUT2D eigenvalue weighted by Gasteiger charge is 2.12. The van der Waals surface area contributed by atoms with Crippen LogP contribution in [-0.2, 0) is 22.7 Å². The molecule has 0 unspecified atom stereocenters. The molecular weight excluding hydrogens is 310 g/mol. The number of carboxylic acid groups (broad SMARTS) is 1. The first kappa shape index (κ1) is 15.8. The molecule has 0 atom stereocenters. The number of nitrogens with zero attached hydrogens (tertiary/aromatic N) is 2. The summed E-state index contributed by atoms with van der Waals surface area (Å²) in [6, 6.07) is 9.23. The van der Waals surface area contributed by atoms with E-state index in [4.69, 9.17) is 21.4 Å². The van der Waals surface area contributed by atoms with Crippen LogP contribution in [0.3, 0.4) is 0 Å². The first-order chi connectivity index (χ1) is 10.5. The molecule has 0 saturated carbocycles. The van der Waals surface area contributed by atoms with E-state index in [1.807, 2.05) is 30.3 Å². The van der Waals surface area contributed by atoms with Gasteiger partial charge in [0.25, 0.3) is 0 Å². The summed E-state index contributed by atoms with van der Waals surface area (Å²) in [5.41, 5.74) is 0.857. The van der Waals surface area contributed by atoms with Gasteiger partial charge >= 0.3 is 12.1 Å². The lowest BCUT2D eigenvalue weighted by Crippen LogP contribution is -2.14. The molecule has 0 spiro atoms. The third-order valence-electron chi connectivity index (χ3n) is 2.71. The Labute approximate surface area is 131 Å². The number of benzene rings is 1. The first-order valence-electron chi connectivity index (χ1n) is 6.47.